The number of carbonyl (C=O) groups excluding carboxylic acids is 1. The number of hydrogen-bond acceptors (Lipinski definition) is 3. The molecule has 1 aromatic heterocycles. The molecule has 0 saturated heterocycles. The zero-order chi connectivity index (χ0) is 18.1. The number of hydrogen-bond donors (Lipinski definition) is 0. The van der Waals surface area contributed by atoms with Crippen LogP contribution >= 0.6 is 0 Å². The van der Waals surface area contributed by atoms with Crippen molar-refractivity contribution in [3.63, 3.8) is 0 Å². The highest BCUT2D eigenvalue weighted by atomic mass is 16.5. The van der Waals surface area contributed by atoms with Gasteiger partial charge in [-0.2, -0.15) is 0 Å². The van der Waals surface area contributed by atoms with Crippen LogP contribution < -0.4 is 0 Å². The van der Waals surface area contributed by atoms with Crippen molar-refractivity contribution in [2.45, 2.75) is 19.4 Å². The summed E-state index contributed by atoms with van der Waals surface area (Å²) in [5, 5.41) is 2.41. The van der Waals surface area contributed by atoms with Crippen LogP contribution in [0, 0.1) is 0 Å². The minimum atomic E-state index is -0.433. The summed E-state index contributed by atoms with van der Waals surface area (Å²) >= 11 is 0. The summed E-state index contributed by atoms with van der Waals surface area (Å²) in [5.74, 6) is 0.591. The van der Waals surface area contributed by atoms with Crippen LogP contribution in [0.5, 0.6) is 0 Å². The van der Waals surface area contributed by atoms with Crippen LogP contribution in [0.25, 0.3) is 21.8 Å². The van der Waals surface area contributed by atoms with Crippen molar-refractivity contribution in [2.24, 2.45) is 0 Å². The van der Waals surface area contributed by atoms with Gasteiger partial charge in [0.25, 0.3) is 0 Å². The number of ether oxygens (including phenoxy) is 1. The number of nitrogens with zero attached hydrogens (tertiary/aromatic N) is 2. The fraction of sp³-hybridized carbons (Fsp3) is 0.182. The third kappa shape index (κ3) is 2.73. The number of para-hydroxylation sites is 2. The molecule has 0 aliphatic carbocycles. The second kappa shape index (κ2) is 6.64. The second-order valence-corrected chi connectivity index (χ2v) is 6.40. The molecule has 26 heavy (non-hydrogen) atoms. The minimum Gasteiger partial charge on any atom is -0.467 e. The van der Waals surface area contributed by atoms with Crippen LogP contribution in [-0.2, 0) is 16.0 Å². The molecule has 4 nitrogen and oxygen atoms in total. The maximum atomic E-state index is 12.2. The Balaban J connectivity index is 1.87. The Labute approximate surface area is 152 Å². The lowest BCUT2D eigenvalue weighted by atomic mass is 10.0. The number of benzene rings is 3. The van der Waals surface area contributed by atoms with Gasteiger partial charge in [0.05, 0.1) is 18.1 Å². The van der Waals surface area contributed by atoms with Gasteiger partial charge >= 0.3 is 5.97 Å². The maximum Gasteiger partial charge on any atom is 0.328 e. The minimum absolute atomic E-state index is 0.271. The molecule has 0 aliphatic heterocycles. The van der Waals surface area contributed by atoms with Gasteiger partial charge in [0.2, 0.25) is 0 Å². The average Bonchev–Trinajstić information content (AvgIpc) is 3.05. The fourth-order valence-corrected chi connectivity index (χ4v) is 3.54. The lowest BCUT2D eigenvalue weighted by Crippen LogP contribution is -2.20. The largest absolute Gasteiger partial charge is 0.467 e. The number of methoxy groups -OCH3 is 1. The Morgan fingerprint density at radius 2 is 1.77 bits per heavy atom. The third-order valence-electron chi connectivity index (χ3n) is 4.83. The number of imidazole rings is 1. The zero-order valence-electron chi connectivity index (χ0n) is 14.8. The van der Waals surface area contributed by atoms with Crippen LogP contribution in [-0.4, -0.2) is 22.6 Å². The SMILES string of the molecule is COC(=O)C(C)n1c(Cc2cccc3ccccc23)nc2ccccc21. The topological polar surface area (TPSA) is 44.1 Å². The molecule has 4 rings (SSSR count). The number of carbonyl (C=O) groups is 1. The van der Waals surface area contributed by atoms with Gasteiger partial charge in [0.1, 0.15) is 11.9 Å². The van der Waals surface area contributed by atoms with E-state index in [-0.39, 0.29) is 5.97 Å². The summed E-state index contributed by atoms with van der Waals surface area (Å²) in [7, 11) is 1.42. The standard InChI is InChI=1S/C22H20N2O2/c1-15(22(25)26-2)24-20-13-6-5-12-19(20)23-21(24)14-17-10-7-9-16-8-3-4-11-18(16)17/h3-13,15H,14H2,1-2H3. The van der Waals surface area contributed by atoms with E-state index in [0.29, 0.717) is 6.42 Å². The molecule has 0 amide bonds. The van der Waals surface area contributed by atoms with Crippen molar-refractivity contribution in [3.8, 4) is 0 Å². The summed E-state index contributed by atoms with van der Waals surface area (Å²) in [5.41, 5.74) is 3.02. The Bertz CT molecular complexity index is 1090. The summed E-state index contributed by atoms with van der Waals surface area (Å²) in [6.45, 7) is 1.85. The van der Waals surface area contributed by atoms with Gasteiger partial charge in [-0.25, -0.2) is 9.78 Å². The number of esters is 1. The number of fused-ring (bicyclic) bond motifs is 2. The van der Waals surface area contributed by atoms with Crippen LogP contribution in [0.15, 0.2) is 66.7 Å². The van der Waals surface area contributed by atoms with E-state index in [1.54, 1.807) is 0 Å². The molecule has 0 bridgehead atoms. The lowest BCUT2D eigenvalue weighted by Gasteiger charge is -2.16. The molecule has 0 radical (unpaired) electrons. The van der Waals surface area contributed by atoms with E-state index in [1.807, 2.05) is 47.9 Å². The van der Waals surface area contributed by atoms with Crippen LogP contribution in [0.3, 0.4) is 0 Å². The van der Waals surface area contributed by atoms with Crippen LogP contribution in [0.4, 0.5) is 0 Å². The van der Waals surface area contributed by atoms with Gasteiger partial charge in [0, 0.05) is 6.42 Å². The molecule has 3 aromatic carbocycles. The van der Waals surface area contributed by atoms with Crippen molar-refractivity contribution in [1.82, 2.24) is 9.55 Å². The first-order valence-electron chi connectivity index (χ1n) is 8.69. The molecular formula is C22H20N2O2. The highest BCUT2D eigenvalue weighted by Crippen LogP contribution is 2.26. The first kappa shape index (κ1) is 16.3. The predicted octanol–water partition coefficient (Wildman–Crippen LogP) is 4.51. The first-order valence-corrected chi connectivity index (χ1v) is 8.69. The summed E-state index contributed by atoms with van der Waals surface area (Å²) in [4.78, 5) is 17.0. The Morgan fingerprint density at radius 3 is 2.62 bits per heavy atom. The highest BCUT2D eigenvalue weighted by molar-refractivity contribution is 5.86. The molecule has 1 atom stereocenters. The molecular weight excluding hydrogens is 324 g/mol. The van der Waals surface area contributed by atoms with Gasteiger partial charge in [-0.05, 0) is 35.4 Å². The normalized spacial score (nSPS) is 12.4. The fourth-order valence-electron chi connectivity index (χ4n) is 3.54. The molecule has 0 saturated carbocycles. The van der Waals surface area contributed by atoms with Crippen molar-refractivity contribution in [1.29, 1.82) is 0 Å². The monoisotopic (exact) mass is 344 g/mol. The van der Waals surface area contributed by atoms with Crippen molar-refractivity contribution >= 4 is 27.8 Å². The van der Waals surface area contributed by atoms with E-state index in [9.17, 15) is 4.79 Å². The summed E-state index contributed by atoms with van der Waals surface area (Å²) < 4.78 is 6.96. The Morgan fingerprint density at radius 1 is 1.04 bits per heavy atom. The van der Waals surface area contributed by atoms with Gasteiger partial charge in [0.15, 0.2) is 0 Å². The molecule has 0 N–H and O–H groups in total. The Kier molecular flexibility index (Phi) is 4.17. The average molecular weight is 344 g/mol. The first-order chi connectivity index (χ1) is 12.7. The maximum absolute atomic E-state index is 12.2. The van der Waals surface area contributed by atoms with Crippen LogP contribution in [0.1, 0.15) is 24.4 Å². The summed E-state index contributed by atoms with van der Waals surface area (Å²) in [6.07, 6.45) is 0.650. The molecule has 1 heterocycles. The van der Waals surface area contributed by atoms with E-state index in [2.05, 4.69) is 30.3 Å². The third-order valence-corrected chi connectivity index (χ3v) is 4.83. The zero-order valence-corrected chi connectivity index (χ0v) is 14.8. The highest BCUT2D eigenvalue weighted by Gasteiger charge is 2.22. The number of aromatic nitrogens is 2. The molecule has 0 spiro atoms. The van der Waals surface area contributed by atoms with Crippen molar-refractivity contribution < 1.29 is 9.53 Å². The van der Waals surface area contributed by atoms with E-state index in [0.717, 1.165) is 16.9 Å². The molecule has 130 valence electrons. The molecule has 4 heteroatoms. The Hall–Kier alpha value is -3.14. The van der Waals surface area contributed by atoms with E-state index >= 15 is 0 Å². The molecule has 0 aliphatic rings. The molecule has 1 unspecified atom stereocenters. The van der Waals surface area contributed by atoms with Gasteiger partial charge < -0.3 is 9.30 Å². The second-order valence-electron chi connectivity index (χ2n) is 6.40. The predicted molar refractivity (Wildman–Crippen MR) is 103 cm³/mol. The smallest absolute Gasteiger partial charge is 0.328 e. The quantitative estimate of drug-likeness (QED) is 0.512. The van der Waals surface area contributed by atoms with Crippen molar-refractivity contribution in [3.05, 3.63) is 78.1 Å². The number of rotatable bonds is 4. The summed E-state index contributed by atoms with van der Waals surface area (Å²) in [6, 6.07) is 22.1. The molecule has 4 aromatic rings. The van der Waals surface area contributed by atoms with Gasteiger partial charge in [-0.1, -0.05) is 54.6 Å². The van der Waals surface area contributed by atoms with Crippen LogP contribution in [0.2, 0.25) is 0 Å². The lowest BCUT2D eigenvalue weighted by molar-refractivity contribution is -0.143. The molecule has 0 fully saturated rings. The van der Waals surface area contributed by atoms with Gasteiger partial charge in [-0.15, -0.1) is 0 Å². The van der Waals surface area contributed by atoms with Gasteiger partial charge in [-0.3, -0.25) is 0 Å². The van der Waals surface area contributed by atoms with E-state index in [4.69, 9.17) is 9.72 Å². The van der Waals surface area contributed by atoms with E-state index < -0.39 is 6.04 Å². The van der Waals surface area contributed by atoms with E-state index in [1.165, 1.54) is 23.4 Å². The van der Waals surface area contributed by atoms with Crippen molar-refractivity contribution in [2.75, 3.05) is 7.11 Å².